The maximum atomic E-state index is 11.9. The third-order valence-electron chi connectivity index (χ3n) is 3.38. The van der Waals surface area contributed by atoms with Gasteiger partial charge in [0, 0.05) is 19.3 Å². The van der Waals surface area contributed by atoms with Crippen LogP contribution in [0.15, 0.2) is 18.5 Å². The first kappa shape index (κ1) is 16.2. The van der Waals surface area contributed by atoms with Crippen molar-refractivity contribution in [1.82, 2.24) is 10.0 Å². The summed E-state index contributed by atoms with van der Waals surface area (Å²) < 4.78 is 0. The molecule has 2 heterocycles. The smallest absolute Gasteiger partial charge is 0.330 e. The quantitative estimate of drug-likeness (QED) is 0.619. The van der Waals surface area contributed by atoms with Crippen molar-refractivity contribution in [3.63, 3.8) is 0 Å². The number of aromatic nitrogens is 1. The molecule has 22 heavy (non-hydrogen) atoms. The number of hydroxylamine groups is 2. The van der Waals surface area contributed by atoms with Crippen molar-refractivity contribution in [3.8, 4) is 0 Å². The Hall–Kier alpha value is -2.22. The number of carbonyl (C=O) groups is 1. The molecule has 8 heteroatoms. The zero-order valence-electron chi connectivity index (χ0n) is 13.0. The number of anilines is 1. The number of hydrogen-bond donors (Lipinski definition) is 0. The average molecular weight is 308 g/mol. The van der Waals surface area contributed by atoms with E-state index in [1.807, 2.05) is 4.90 Å². The van der Waals surface area contributed by atoms with Gasteiger partial charge in [0.15, 0.2) is 0 Å². The second-order valence-corrected chi connectivity index (χ2v) is 6.17. The Morgan fingerprint density at radius 3 is 2.50 bits per heavy atom. The molecule has 0 aromatic carbocycles. The van der Waals surface area contributed by atoms with Crippen molar-refractivity contribution >= 4 is 17.3 Å². The van der Waals surface area contributed by atoms with Gasteiger partial charge in [-0.05, 0) is 26.8 Å². The second-order valence-electron chi connectivity index (χ2n) is 6.17. The number of carbonyl (C=O) groups excluding carboxylic acids is 1. The molecule has 0 atom stereocenters. The van der Waals surface area contributed by atoms with Crippen molar-refractivity contribution in [2.24, 2.45) is 5.41 Å². The molecule has 0 spiro atoms. The van der Waals surface area contributed by atoms with E-state index in [0.717, 1.165) is 0 Å². The van der Waals surface area contributed by atoms with Gasteiger partial charge in [0.1, 0.15) is 11.9 Å². The summed E-state index contributed by atoms with van der Waals surface area (Å²) in [5.74, 6) is -0.282. The largest absolute Gasteiger partial charge is 0.367 e. The molecule has 1 aliphatic rings. The Bertz CT molecular complexity index is 562. The molecule has 120 valence electrons. The van der Waals surface area contributed by atoms with Gasteiger partial charge in [0.25, 0.3) is 0 Å². The minimum Gasteiger partial charge on any atom is -0.367 e. The summed E-state index contributed by atoms with van der Waals surface area (Å²) in [5, 5.41) is 12.7. The zero-order valence-corrected chi connectivity index (χ0v) is 13.0. The third-order valence-corrected chi connectivity index (χ3v) is 3.38. The molecule has 0 saturated carbocycles. The van der Waals surface area contributed by atoms with Gasteiger partial charge in [-0.25, -0.2) is 4.79 Å². The summed E-state index contributed by atoms with van der Waals surface area (Å²) in [6.45, 7) is 7.48. The number of hydrogen-bond acceptors (Lipinski definition) is 7. The van der Waals surface area contributed by atoms with Crippen LogP contribution in [-0.4, -0.2) is 47.1 Å². The standard InChI is InChI=1S/C14H20N4O4/c1-14(2,3)13(19)22-17-8-6-16(7-9-17)11-4-5-15-10-12(11)18(20)21/h4-5,10H,6-9H2,1-3H3. The normalized spacial score (nSPS) is 16.4. The predicted octanol–water partition coefficient (Wildman–Crippen LogP) is 1.62. The van der Waals surface area contributed by atoms with E-state index in [0.29, 0.717) is 31.9 Å². The van der Waals surface area contributed by atoms with Crippen LogP contribution in [0.5, 0.6) is 0 Å². The Kier molecular flexibility index (Phi) is 4.60. The number of rotatable bonds is 3. The fourth-order valence-corrected chi connectivity index (χ4v) is 2.06. The molecule has 1 fully saturated rings. The molecule has 1 aliphatic heterocycles. The lowest BCUT2D eigenvalue weighted by molar-refractivity contribution is -0.384. The fourth-order valence-electron chi connectivity index (χ4n) is 2.06. The fraction of sp³-hybridized carbons (Fsp3) is 0.571. The Balaban J connectivity index is 1.98. The highest BCUT2D eigenvalue weighted by Crippen LogP contribution is 2.27. The van der Waals surface area contributed by atoms with Crippen molar-refractivity contribution < 1.29 is 14.6 Å². The van der Waals surface area contributed by atoms with Crippen LogP contribution >= 0.6 is 0 Å². The van der Waals surface area contributed by atoms with Gasteiger partial charge in [-0.2, -0.15) is 0 Å². The lowest BCUT2D eigenvalue weighted by Crippen LogP contribution is -2.48. The van der Waals surface area contributed by atoms with Crippen LogP contribution in [0.2, 0.25) is 0 Å². The van der Waals surface area contributed by atoms with Crippen molar-refractivity contribution in [2.75, 3.05) is 31.1 Å². The van der Waals surface area contributed by atoms with Crippen LogP contribution < -0.4 is 4.90 Å². The third kappa shape index (κ3) is 3.70. The van der Waals surface area contributed by atoms with Gasteiger partial charge in [-0.15, -0.1) is 5.06 Å². The molecule has 0 bridgehead atoms. The summed E-state index contributed by atoms with van der Waals surface area (Å²) in [6.07, 6.45) is 2.79. The van der Waals surface area contributed by atoms with E-state index in [-0.39, 0.29) is 11.7 Å². The summed E-state index contributed by atoms with van der Waals surface area (Å²) in [5.41, 5.74) is -0.0227. The molecule has 8 nitrogen and oxygen atoms in total. The van der Waals surface area contributed by atoms with Gasteiger partial charge in [0.2, 0.25) is 0 Å². The second kappa shape index (κ2) is 6.27. The van der Waals surface area contributed by atoms with Crippen LogP contribution in [0.3, 0.4) is 0 Å². The van der Waals surface area contributed by atoms with Crippen LogP contribution in [0.4, 0.5) is 11.4 Å². The van der Waals surface area contributed by atoms with Crippen LogP contribution in [0, 0.1) is 15.5 Å². The minimum absolute atomic E-state index is 0.0114. The number of nitro groups is 1. The van der Waals surface area contributed by atoms with Gasteiger partial charge >= 0.3 is 11.7 Å². The first-order valence-corrected chi connectivity index (χ1v) is 7.10. The minimum atomic E-state index is -0.555. The molecule has 0 unspecified atom stereocenters. The molecule has 1 saturated heterocycles. The first-order chi connectivity index (χ1) is 10.3. The molecule has 1 aromatic heterocycles. The Labute approximate surface area is 128 Å². The highest BCUT2D eigenvalue weighted by Gasteiger charge is 2.29. The number of pyridine rings is 1. The predicted molar refractivity (Wildman–Crippen MR) is 80.2 cm³/mol. The van der Waals surface area contributed by atoms with E-state index >= 15 is 0 Å². The van der Waals surface area contributed by atoms with Gasteiger partial charge in [-0.1, -0.05) is 0 Å². The lowest BCUT2D eigenvalue weighted by Gasteiger charge is -2.35. The molecule has 0 N–H and O–H groups in total. The lowest BCUT2D eigenvalue weighted by atomic mass is 9.98. The van der Waals surface area contributed by atoms with Gasteiger partial charge in [0.05, 0.1) is 23.4 Å². The van der Waals surface area contributed by atoms with Crippen molar-refractivity contribution in [3.05, 3.63) is 28.6 Å². The molecular formula is C14H20N4O4. The highest BCUT2D eigenvalue weighted by molar-refractivity contribution is 5.75. The maximum absolute atomic E-state index is 11.9. The van der Waals surface area contributed by atoms with Crippen molar-refractivity contribution in [2.45, 2.75) is 20.8 Å². The highest BCUT2D eigenvalue weighted by atomic mass is 16.7. The molecular weight excluding hydrogens is 288 g/mol. The zero-order chi connectivity index (χ0) is 16.3. The Morgan fingerprint density at radius 1 is 1.32 bits per heavy atom. The summed E-state index contributed by atoms with van der Waals surface area (Å²) in [4.78, 5) is 33.5. The molecule has 0 radical (unpaired) electrons. The molecule has 0 aliphatic carbocycles. The topological polar surface area (TPSA) is 88.8 Å². The van der Waals surface area contributed by atoms with Crippen LogP contribution in [-0.2, 0) is 9.63 Å². The average Bonchev–Trinajstić information content (AvgIpc) is 2.47. The van der Waals surface area contributed by atoms with Gasteiger partial charge < -0.3 is 9.74 Å². The van der Waals surface area contributed by atoms with E-state index in [2.05, 4.69) is 4.98 Å². The van der Waals surface area contributed by atoms with E-state index < -0.39 is 10.3 Å². The maximum Gasteiger partial charge on any atom is 0.330 e. The van der Waals surface area contributed by atoms with E-state index in [4.69, 9.17) is 4.84 Å². The van der Waals surface area contributed by atoms with Crippen molar-refractivity contribution in [1.29, 1.82) is 0 Å². The molecule has 2 rings (SSSR count). The van der Waals surface area contributed by atoms with Crippen LogP contribution in [0.25, 0.3) is 0 Å². The van der Waals surface area contributed by atoms with E-state index in [9.17, 15) is 14.9 Å². The number of piperazine rings is 1. The summed E-state index contributed by atoms with van der Waals surface area (Å²) >= 11 is 0. The number of nitrogens with zero attached hydrogens (tertiary/aromatic N) is 4. The molecule has 0 amide bonds. The summed E-state index contributed by atoms with van der Waals surface area (Å²) in [7, 11) is 0. The van der Waals surface area contributed by atoms with Gasteiger partial charge in [-0.3, -0.25) is 15.1 Å². The van der Waals surface area contributed by atoms with E-state index in [1.54, 1.807) is 31.9 Å². The van der Waals surface area contributed by atoms with E-state index in [1.165, 1.54) is 12.4 Å². The monoisotopic (exact) mass is 308 g/mol. The molecule has 1 aromatic rings. The first-order valence-electron chi connectivity index (χ1n) is 7.10. The van der Waals surface area contributed by atoms with Crippen LogP contribution in [0.1, 0.15) is 20.8 Å². The summed E-state index contributed by atoms with van der Waals surface area (Å²) in [6, 6.07) is 1.63. The Morgan fingerprint density at radius 2 is 1.95 bits per heavy atom. The SMILES string of the molecule is CC(C)(C)C(=O)ON1CCN(c2ccncc2[N+](=O)[O-])CC1.